The summed E-state index contributed by atoms with van der Waals surface area (Å²) < 4.78 is 0. The van der Waals surface area contributed by atoms with Crippen molar-refractivity contribution in [1.82, 2.24) is 4.98 Å². The van der Waals surface area contributed by atoms with Gasteiger partial charge in [0.05, 0.1) is 0 Å². The van der Waals surface area contributed by atoms with E-state index in [1.54, 1.807) is 6.20 Å². The van der Waals surface area contributed by atoms with Crippen molar-refractivity contribution >= 4 is 16.3 Å². The Labute approximate surface area is 81.9 Å². The van der Waals surface area contributed by atoms with Gasteiger partial charge in [-0.05, 0) is 36.1 Å². The number of H-pyrrole nitrogens is 1. The van der Waals surface area contributed by atoms with Crippen LogP contribution in [0.2, 0.25) is 0 Å². The maximum atomic E-state index is 11.4. The van der Waals surface area contributed by atoms with Crippen LogP contribution < -0.4 is 5.56 Å². The maximum absolute atomic E-state index is 11.4. The number of allylic oxidation sites excluding steroid dienone is 1. The smallest absolute Gasteiger partial charge is 0.255 e. The highest BCUT2D eigenvalue weighted by Crippen LogP contribution is 2.16. The van der Waals surface area contributed by atoms with E-state index in [4.69, 9.17) is 0 Å². The lowest BCUT2D eigenvalue weighted by Gasteiger charge is -2.01. The molecule has 0 saturated carbocycles. The summed E-state index contributed by atoms with van der Waals surface area (Å²) in [5.41, 5.74) is 2.03. The van der Waals surface area contributed by atoms with E-state index in [9.17, 15) is 4.79 Å². The number of pyridine rings is 1. The van der Waals surface area contributed by atoms with Gasteiger partial charge in [0, 0.05) is 11.6 Å². The molecule has 0 radical (unpaired) electrons. The average molecular weight is 185 g/mol. The molecule has 1 aromatic carbocycles. The van der Waals surface area contributed by atoms with Gasteiger partial charge >= 0.3 is 0 Å². The molecule has 0 aliphatic carbocycles. The van der Waals surface area contributed by atoms with E-state index < -0.39 is 0 Å². The minimum absolute atomic E-state index is 0.0456. The largest absolute Gasteiger partial charge is 0.329 e. The van der Waals surface area contributed by atoms with Crippen LogP contribution in [0.1, 0.15) is 12.5 Å². The van der Waals surface area contributed by atoms with Crippen LogP contribution in [-0.4, -0.2) is 4.98 Å². The third-order valence-electron chi connectivity index (χ3n) is 2.27. The van der Waals surface area contributed by atoms with Crippen molar-refractivity contribution < 1.29 is 0 Å². The molecule has 2 heteroatoms. The monoisotopic (exact) mass is 185 g/mol. The van der Waals surface area contributed by atoms with E-state index in [0.29, 0.717) is 0 Å². The minimum atomic E-state index is -0.0456. The lowest BCUT2D eigenvalue weighted by atomic mass is 10.0. The topological polar surface area (TPSA) is 32.9 Å². The summed E-state index contributed by atoms with van der Waals surface area (Å²) in [4.78, 5) is 14.0. The molecule has 0 aliphatic heterocycles. The Morgan fingerprint density at radius 2 is 2.14 bits per heavy atom. The molecule has 0 atom stereocenters. The zero-order valence-corrected chi connectivity index (χ0v) is 8.00. The van der Waals surface area contributed by atoms with Gasteiger partial charge in [0.2, 0.25) is 0 Å². The normalized spacial score (nSPS) is 10.4. The van der Waals surface area contributed by atoms with Crippen LogP contribution in [0.15, 0.2) is 41.8 Å². The first-order chi connectivity index (χ1) is 6.68. The minimum Gasteiger partial charge on any atom is -0.329 e. The maximum Gasteiger partial charge on any atom is 0.255 e. The Kier molecular flexibility index (Phi) is 1.97. The number of hydrogen-bond acceptors (Lipinski definition) is 1. The first kappa shape index (κ1) is 8.75. The fraction of sp³-hybridized carbons (Fsp3) is 0.0833. The third-order valence-corrected chi connectivity index (χ3v) is 2.27. The van der Waals surface area contributed by atoms with Crippen LogP contribution >= 0.6 is 0 Å². The number of benzene rings is 1. The first-order valence-electron chi connectivity index (χ1n) is 4.46. The summed E-state index contributed by atoms with van der Waals surface area (Å²) in [7, 11) is 0. The van der Waals surface area contributed by atoms with Gasteiger partial charge in [-0.15, -0.1) is 0 Å². The second-order valence-corrected chi connectivity index (χ2v) is 3.39. The highest BCUT2D eigenvalue weighted by atomic mass is 16.1. The molecule has 2 nitrogen and oxygen atoms in total. The molecule has 0 fully saturated rings. The summed E-state index contributed by atoms with van der Waals surface area (Å²) >= 11 is 0. The van der Waals surface area contributed by atoms with Crippen molar-refractivity contribution in [3.63, 3.8) is 0 Å². The van der Waals surface area contributed by atoms with Gasteiger partial charge in [0.25, 0.3) is 5.56 Å². The Hall–Kier alpha value is -1.83. The number of hydrogen-bond donors (Lipinski definition) is 1. The Balaban J connectivity index is 2.80. The van der Waals surface area contributed by atoms with Crippen LogP contribution in [0.5, 0.6) is 0 Å². The van der Waals surface area contributed by atoms with Gasteiger partial charge in [0.15, 0.2) is 0 Å². The van der Waals surface area contributed by atoms with Gasteiger partial charge in [-0.2, -0.15) is 0 Å². The van der Waals surface area contributed by atoms with E-state index in [1.807, 2.05) is 31.2 Å². The third kappa shape index (κ3) is 1.35. The van der Waals surface area contributed by atoms with Gasteiger partial charge < -0.3 is 4.98 Å². The fourth-order valence-corrected chi connectivity index (χ4v) is 1.46. The van der Waals surface area contributed by atoms with Gasteiger partial charge in [-0.1, -0.05) is 18.2 Å². The molecule has 0 amide bonds. The summed E-state index contributed by atoms with van der Waals surface area (Å²) in [5.74, 6) is 0. The number of aromatic amines is 1. The van der Waals surface area contributed by atoms with Crippen molar-refractivity contribution in [3.05, 3.63) is 53.0 Å². The van der Waals surface area contributed by atoms with Crippen molar-refractivity contribution in [2.24, 2.45) is 0 Å². The number of rotatable bonds is 1. The van der Waals surface area contributed by atoms with Gasteiger partial charge in [-0.25, -0.2) is 0 Å². The van der Waals surface area contributed by atoms with Gasteiger partial charge in [-0.3, -0.25) is 4.79 Å². The van der Waals surface area contributed by atoms with Crippen molar-refractivity contribution in [2.75, 3.05) is 0 Å². The molecule has 0 unspecified atom stereocenters. The molecule has 2 rings (SSSR count). The summed E-state index contributed by atoms with van der Waals surface area (Å²) in [6, 6.07) is 7.62. The number of fused-ring (bicyclic) bond motifs is 1. The molecule has 70 valence electrons. The van der Waals surface area contributed by atoms with Crippen LogP contribution in [0.3, 0.4) is 0 Å². The summed E-state index contributed by atoms with van der Waals surface area (Å²) in [5, 5.41) is 1.67. The molecule has 1 heterocycles. The summed E-state index contributed by atoms with van der Waals surface area (Å²) in [6.45, 7) is 5.82. The molecule has 0 saturated heterocycles. The second-order valence-electron chi connectivity index (χ2n) is 3.39. The Morgan fingerprint density at radius 1 is 1.36 bits per heavy atom. The number of nitrogens with one attached hydrogen (secondary N) is 1. The van der Waals surface area contributed by atoms with Crippen molar-refractivity contribution in [1.29, 1.82) is 0 Å². The zero-order valence-electron chi connectivity index (χ0n) is 8.00. The quantitative estimate of drug-likeness (QED) is 0.727. The predicted octanol–water partition coefficient (Wildman–Crippen LogP) is 2.56. The number of aromatic nitrogens is 1. The zero-order chi connectivity index (χ0) is 10.1. The highest BCUT2D eigenvalue weighted by Gasteiger charge is 1.99. The standard InChI is InChI=1S/C12H11NO/c1-8(2)9-3-4-11-10(7-9)5-6-13-12(11)14/h3-7H,1H2,2H3,(H,13,14). The molecular weight excluding hydrogens is 174 g/mol. The molecule has 1 N–H and O–H groups in total. The van der Waals surface area contributed by atoms with Crippen LogP contribution in [0.4, 0.5) is 0 Å². The average Bonchev–Trinajstić information content (AvgIpc) is 2.17. The molecule has 2 aromatic rings. The summed E-state index contributed by atoms with van der Waals surface area (Å²) in [6.07, 6.45) is 1.66. The highest BCUT2D eigenvalue weighted by molar-refractivity contribution is 5.84. The molecule has 0 aliphatic rings. The fourth-order valence-electron chi connectivity index (χ4n) is 1.46. The van der Waals surface area contributed by atoms with E-state index in [-0.39, 0.29) is 5.56 Å². The van der Waals surface area contributed by atoms with Crippen molar-refractivity contribution in [2.45, 2.75) is 6.92 Å². The Morgan fingerprint density at radius 3 is 2.86 bits per heavy atom. The van der Waals surface area contributed by atoms with Crippen LogP contribution in [-0.2, 0) is 0 Å². The molecule has 0 bridgehead atoms. The van der Waals surface area contributed by atoms with Gasteiger partial charge in [0.1, 0.15) is 0 Å². The van der Waals surface area contributed by atoms with Crippen LogP contribution in [0.25, 0.3) is 16.3 Å². The second kappa shape index (κ2) is 3.14. The SMILES string of the molecule is C=C(C)c1ccc2c(=O)[nH]ccc2c1. The Bertz CT molecular complexity index is 551. The first-order valence-corrected chi connectivity index (χ1v) is 4.46. The predicted molar refractivity (Wildman–Crippen MR) is 59.3 cm³/mol. The molecular formula is C12H11NO. The lowest BCUT2D eigenvalue weighted by molar-refractivity contribution is 1.28. The van der Waals surface area contributed by atoms with E-state index in [0.717, 1.165) is 21.9 Å². The van der Waals surface area contributed by atoms with E-state index in [1.165, 1.54) is 0 Å². The van der Waals surface area contributed by atoms with E-state index >= 15 is 0 Å². The molecule has 0 spiro atoms. The van der Waals surface area contributed by atoms with Crippen molar-refractivity contribution in [3.8, 4) is 0 Å². The molecule has 14 heavy (non-hydrogen) atoms. The lowest BCUT2D eigenvalue weighted by Crippen LogP contribution is -2.04. The van der Waals surface area contributed by atoms with E-state index in [2.05, 4.69) is 11.6 Å². The molecule has 1 aromatic heterocycles. The van der Waals surface area contributed by atoms with Crippen LogP contribution in [0, 0.1) is 0 Å².